The first-order valence-electron chi connectivity index (χ1n) is 11.1. The van der Waals surface area contributed by atoms with Crippen molar-refractivity contribution in [3.63, 3.8) is 0 Å². The Balaban J connectivity index is 1.67. The Morgan fingerprint density at radius 1 is 1.11 bits per heavy atom. The minimum atomic E-state index is -3.82. The number of aryl methyl sites for hydroxylation is 1. The molecule has 0 spiro atoms. The molecule has 10 heteroatoms. The van der Waals surface area contributed by atoms with Crippen LogP contribution in [0.4, 0.5) is 0 Å². The lowest BCUT2D eigenvalue weighted by atomic mass is 10.1. The first kappa shape index (κ1) is 23.9. The number of aromatic nitrogens is 4. The summed E-state index contributed by atoms with van der Waals surface area (Å²) in [5.41, 5.74) is 1.93. The maximum Gasteiger partial charge on any atom is 0.276 e. The Morgan fingerprint density at radius 2 is 1.86 bits per heavy atom. The summed E-state index contributed by atoms with van der Waals surface area (Å²) in [5.74, 6) is 0.389. The second kappa shape index (κ2) is 9.00. The molecule has 1 aromatic carbocycles. The molecule has 0 radical (unpaired) electrons. The third-order valence-electron chi connectivity index (χ3n) is 5.82. The second-order valence-electron chi connectivity index (χ2n) is 8.84. The number of hydrogen-bond acceptors (Lipinski definition) is 6. The van der Waals surface area contributed by atoms with Gasteiger partial charge in [-0.15, -0.1) is 11.3 Å². The van der Waals surface area contributed by atoms with Crippen molar-refractivity contribution >= 4 is 58.4 Å². The molecule has 0 aliphatic carbocycles. The lowest BCUT2D eigenvalue weighted by Crippen LogP contribution is -2.21. The molecule has 0 fully saturated rings. The molecule has 35 heavy (non-hydrogen) atoms. The number of pyridine rings is 1. The van der Waals surface area contributed by atoms with E-state index in [1.165, 1.54) is 20.0 Å². The molecule has 0 bridgehead atoms. The molecule has 5 aromatic rings. The van der Waals surface area contributed by atoms with Gasteiger partial charge in [-0.25, -0.2) is 22.1 Å². The fourth-order valence-corrected chi connectivity index (χ4v) is 7.67. The topological polar surface area (TPSA) is 86.9 Å². The molecule has 4 aromatic heterocycles. The van der Waals surface area contributed by atoms with Crippen LogP contribution in [0.1, 0.15) is 30.0 Å². The van der Waals surface area contributed by atoms with Crippen LogP contribution in [-0.4, -0.2) is 27.2 Å². The van der Waals surface area contributed by atoms with Gasteiger partial charge in [0.25, 0.3) is 15.6 Å². The largest absolute Gasteiger partial charge is 0.276 e. The van der Waals surface area contributed by atoms with Crippen molar-refractivity contribution in [2.75, 3.05) is 0 Å². The average Bonchev–Trinajstić information content (AvgIpc) is 3.37. The zero-order valence-electron chi connectivity index (χ0n) is 19.4. The first-order chi connectivity index (χ1) is 16.7. The third-order valence-corrected chi connectivity index (χ3v) is 9.86. The summed E-state index contributed by atoms with van der Waals surface area (Å²) in [4.78, 5) is 18.5. The third kappa shape index (κ3) is 4.13. The highest BCUT2D eigenvalue weighted by molar-refractivity contribution is 9.10. The van der Waals surface area contributed by atoms with Crippen molar-refractivity contribution in [2.24, 2.45) is 13.0 Å². The monoisotopic (exact) mass is 570 g/mol. The van der Waals surface area contributed by atoms with Crippen molar-refractivity contribution in [1.29, 1.82) is 0 Å². The smallest absolute Gasteiger partial charge is 0.267 e. The maximum atomic E-state index is 13.4. The molecule has 5 rings (SSSR count). The summed E-state index contributed by atoms with van der Waals surface area (Å²) in [6.07, 6.45) is 4.44. The molecule has 4 heterocycles. The fraction of sp³-hybridized carbons (Fsp3) is 0.240. The minimum Gasteiger partial charge on any atom is -0.267 e. The van der Waals surface area contributed by atoms with Crippen LogP contribution in [0.3, 0.4) is 0 Å². The Labute approximate surface area is 215 Å². The minimum absolute atomic E-state index is 0.155. The van der Waals surface area contributed by atoms with Gasteiger partial charge in [0.05, 0.1) is 20.7 Å². The van der Waals surface area contributed by atoms with Gasteiger partial charge in [-0.05, 0) is 58.1 Å². The van der Waals surface area contributed by atoms with E-state index < -0.39 is 10.0 Å². The molecule has 0 aliphatic rings. The molecule has 7 nitrogen and oxygen atoms in total. The quantitative estimate of drug-likeness (QED) is 0.282. The van der Waals surface area contributed by atoms with E-state index in [0.717, 1.165) is 37.1 Å². The number of halogens is 1. The molecular formula is C25H23BrN4O3S2. The van der Waals surface area contributed by atoms with E-state index in [9.17, 15) is 13.2 Å². The number of hydrogen-bond donors (Lipinski definition) is 0. The van der Waals surface area contributed by atoms with Gasteiger partial charge in [-0.3, -0.25) is 4.79 Å². The normalized spacial score (nSPS) is 12.3. The molecule has 180 valence electrons. The lowest BCUT2D eigenvalue weighted by Gasteiger charge is -2.07. The average molecular weight is 572 g/mol. The predicted molar refractivity (Wildman–Crippen MR) is 143 cm³/mol. The zero-order valence-corrected chi connectivity index (χ0v) is 22.6. The summed E-state index contributed by atoms with van der Waals surface area (Å²) in [7, 11) is -2.15. The van der Waals surface area contributed by atoms with Crippen LogP contribution in [0.5, 0.6) is 0 Å². The van der Waals surface area contributed by atoms with Gasteiger partial charge in [-0.1, -0.05) is 32.0 Å². The Hall–Kier alpha value is -2.82. The summed E-state index contributed by atoms with van der Waals surface area (Å²) < 4.78 is 31.1. The van der Waals surface area contributed by atoms with Crippen molar-refractivity contribution in [1.82, 2.24) is 18.7 Å². The summed E-state index contributed by atoms with van der Waals surface area (Å²) in [6, 6.07) is 12.0. The molecular weight excluding hydrogens is 548 g/mol. The predicted octanol–water partition coefficient (Wildman–Crippen LogP) is 5.13. The van der Waals surface area contributed by atoms with E-state index in [1.807, 2.05) is 6.07 Å². The van der Waals surface area contributed by atoms with Gasteiger partial charge in [0, 0.05) is 40.6 Å². The summed E-state index contributed by atoms with van der Waals surface area (Å²) >= 11 is 5.20. The molecule has 0 amide bonds. The fourth-order valence-electron chi connectivity index (χ4n) is 4.22. The van der Waals surface area contributed by atoms with Crippen LogP contribution in [0.15, 0.2) is 69.0 Å². The van der Waals surface area contributed by atoms with Crippen molar-refractivity contribution in [3.8, 4) is 0 Å². The highest BCUT2D eigenvalue weighted by atomic mass is 79.9. The van der Waals surface area contributed by atoms with E-state index >= 15 is 0 Å². The van der Waals surface area contributed by atoms with E-state index in [0.29, 0.717) is 23.4 Å². The van der Waals surface area contributed by atoms with Crippen LogP contribution in [-0.2, 0) is 29.9 Å². The first-order valence-corrected chi connectivity index (χ1v) is 14.2. The Bertz CT molecular complexity index is 1740. The number of rotatable bonds is 6. The van der Waals surface area contributed by atoms with Crippen LogP contribution >= 0.6 is 27.3 Å². The number of benzene rings is 1. The highest BCUT2D eigenvalue weighted by Gasteiger charge is 2.24. The summed E-state index contributed by atoms with van der Waals surface area (Å²) in [5, 5.41) is 5.90. The zero-order chi connectivity index (χ0) is 24.9. The van der Waals surface area contributed by atoms with Gasteiger partial charge in [0.2, 0.25) is 0 Å². The lowest BCUT2D eigenvalue weighted by molar-refractivity contribution is 0.588. The molecule has 0 N–H and O–H groups in total. The Morgan fingerprint density at radius 3 is 2.57 bits per heavy atom. The molecule has 0 atom stereocenters. The van der Waals surface area contributed by atoms with Gasteiger partial charge in [0.15, 0.2) is 5.65 Å². The van der Waals surface area contributed by atoms with Gasteiger partial charge in [0.1, 0.15) is 0 Å². The molecule has 0 aliphatic heterocycles. The molecule has 0 unspecified atom stereocenters. The van der Waals surface area contributed by atoms with E-state index in [4.69, 9.17) is 0 Å². The Kier molecular flexibility index (Phi) is 6.14. The van der Waals surface area contributed by atoms with Crippen LogP contribution < -0.4 is 5.56 Å². The van der Waals surface area contributed by atoms with Crippen molar-refractivity contribution in [3.05, 3.63) is 85.8 Å². The van der Waals surface area contributed by atoms with E-state index in [1.54, 1.807) is 55.8 Å². The summed E-state index contributed by atoms with van der Waals surface area (Å²) in [6.45, 7) is 4.24. The van der Waals surface area contributed by atoms with Crippen molar-refractivity contribution < 1.29 is 8.42 Å². The van der Waals surface area contributed by atoms with Crippen molar-refractivity contribution in [2.45, 2.75) is 31.6 Å². The van der Waals surface area contributed by atoms with Gasteiger partial charge in [-0.2, -0.15) is 5.10 Å². The molecule has 0 saturated carbocycles. The SMILES string of the molecule is CC(C)Cc1nn(C)c(=O)c2c(Br)c(Cc3cn(S(=O)(=O)c4ccccc4)c4ncccc34)sc12. The highest BCUT2D eigenvalue weighted by Crippen LogP contribution is 2.38. The number of nitrogens with zero attached hydrogens (tertiary/aromatic N) is 4. The standard InChI is InChI=1S/C25H23BrN4O3S2/c1-15(2)12-19-23-21(25(31)29(3)28-19)22(26)20(34-23)13-16-14-30(24-18(16)10-7-11-27-24)35(32,33)17-8-5-4-6-9-17/h4-11,14-15H,12-13H2,1-3H3. The molecule has 0 saturated heterocycles. The van der Waals surface area contributed by atoms with E-state index in [2.05, 4.69) is 39.9 Å². The number of thiophene rings is 1. The van der Waals surface area contributed by atoms with E-state index in [-0.39, 0.29) is 10.5 Å². The van der Waals surface area contributed by atoms with Gasteiger partial charge < -0.3 is 0 Å². The van der Waals surface area contributed by atoms with Crippen LogP contribution in [0.2, 0.25) is 0 Å². The van der Waals surface area contributed by atoms with Gasteiger partial charge >= 0.3 is 0 Å². The second-order valence-corrected chi connectivity index (χ2v) is 12.5. The van der Waals surface area contributed by atoms with Crippen LogP contribution in [0.25, 0.3) is 21.1 Å². The maximum absolute atomic E-state index is 13.4. The number of fused-ring (bicyclic) bond motifs is 2. The van der Waals surface area contributed by atoms with Crippen LogP contribution in [0, 0.1) is 5.92 Å².